The maximum Gasteiger partial charge on any atom is 0.373 e. The maximum absolute atomic E-state index is 11.3. The highest BCUT2D eigenvalue weighted by atomic mass is 16.5. The van der Waals surface area contributed by atoms with E-state index in [0.29, 0.717) is 11.3 Å². The third kappa shape index (κ3) is 3.70. The van der Waals surface area contributed by atoms with Crippen LogP contribution in [-0.4, -0.2) is 24.2 Å². The van der Waals surface area contributed by atoms with Gasteiger partial charge in [-0.25, -0.2) is 4.79 Å². The lowest BCUT2D eigenvalue weighted by Gasteiger charge is -2.13. The first kappa shape index (κ1) is 14.8. The Labute approximate surface area is 121 Å². The molecular weight excluding hydrogens is 274 g/mol. The summed E-state index contributed by atoms with van der Waals surface area (Å²) in [6, 6.07) is 11.1. The maximum atomic E-state index is 11.3. The summed E-state index contributed by atoms with van der Waals surface area (Å²) in [6.07, 6.45) is 0. The van der Waals surface area contributed by atoms with Crippen LogP contribution in [0.4, 0.5) is 0 Å². The van der Waals surface area contributed by atoms with Crippen LogP contribution in [0.5, 0.6) is 0 Å². The molecule has 6 nitrogen and oxygen atoms in total. The molecule has 6 heteroatoms. The number of ether oxygens (including phenoxy) is 1. The fraction of sp³-hybridized carbons (Fsp3) is 0.200. The van der Waals surface area contributed by atoms with Gasteiger partial charge in [-0.1, -0.05) is 30.3 Å². The first-order valence-corrected chi connectivity index (χ1v) is 6.30. The van der Waals surface area contributed by atoms with Gasteiger partial charge in [0.15, 0.2) is 0 Å². The summed E-state index contributed by atoms with van der Waals surface area (Å²) in [6.45, 7) is 0.183. The second kappa shape index (κ2) is 6.71. The van der Waals surface area contributed by atoms with Gasteiger partial charge in [0.1, 0.15) is 11.8 Å². The minimum Gasteiger partial charge on any atom is -0.480 e. The lowest BCUT2D eigenvalue weighted by molar-refractivity contribution is -0.139. The standard InChI is InChI=1S/C15H15NO5/c1-20-15(19)12-8-7-11(21-12)9-16-13(14(17)18)10-5-3-2-4-6-10/h2-8,13,16H,9H2,1H3,(H,17,18). The molecule has 1 aromatic heterocycles. The molecule has 0 fully saturated rings. The molecule has 1 unspecified atom stereocenters. The summed E-state index contributed by atoms with van der Waals surface area (Å²) < 4.78 is 9.81. The van der Waals surface area contributed by atoms with Crippen molar-refractivity contribution in [2.45, 2.75) is 12.6 Å². The number of benzene rings is 1. The van der Waals surface area contributed by atoms with Crippen LogP contribution >= 0.6 is 0 Å². The fourth-order valence-electron chi connectivity index (χ4n) is 1.88. The molecule has 0 spiro atoms. The highest BCUT2D eigenvalue weighted by Gasteiger charge is 2.19. The van der Waals surface area contributed by atoms with Gasteiger partial charge < -0.3 is 14.3 Å². The van der Waals surface area contributed by atoms with Gasteiger partial charge in [-0.3, -0.25) is 10.1 Å². The molecular formula is C15H15NO5. The number of hydrogen-bond acceptors (Lipinski definition) is 5. The van der Waals surface area contributed by atoms with Crippen molar-refractivity contribution < 1.29 is 23.8 Å². The van der Waals surface area contributed by atoms with Crippen molar-refractivity contribution in [2.75, 3.05) is 7.11 Å². The summed E-state index contributed by atoms with van der Waals surface area (Å²) in [4.78, 5) is 22.6. The van der Waals surface area contributed by atoms with E-state index in [0.717, 1.165) is 0 Å². The van der Waals surface area contributed by atoms with Crippen molar-refractivity contribution in [1.82, 2.24) is 5.32 Å². The number of carboxylic acids is 1. The van der Waals surface area contributed by atoms with E-state index >= 15 is 0 Å². The second-order valence-corrected chi connectivity index (χ2v) is 4.32. The van der Waals surface area contributed by atoms with E-state index in [2.05, 4.69) is 10.1 Å². The highest BCUT2D eigenvalue weighted by Crippen LogP contribution is 2.15. The lowest BCUT2D eigenvalue weighted by atomic mass is 10.1. The molecule has 1 aromatic carbocycles. The van der Waals surface area contributed by atoms with Gasteiger partial charge in [-0.05, 0) is 17.7 Å². The number of esters is 1. The van der Waals surface area contributed by atoms with Crippen LogP contribution < -0.4 is 5.32 Å². The van der Waals surface area contributed by atoms with Crippen LogP contribution in [0.2, 0.25) is 0 Å². The molecule has 2 rings (SSSR count). The molecule has 0 aliphatic rings. The molecule has 0 saturated carbocycles. The highest BCUT2D eigenvalue weighted by molar-refractivity contribution is 5.86. The third-order valence-corrected chi connectivity index (χ3v) is 2.91. The van der Waals surface area contributed by atoms with Gasteiger partial charge >= 0.3 is 11.9 Å². The summed E-state index contributed by atoms with van der Waals surface area (Å²) >= 11 is 0. The Morgan fingerprint density at radius 2 is 1.95 bits per heavy atom. The van der Waals surface area contributed by atoms with Crippen LogP contribution in [-0.2, 0) is 16.1 Å². The van der Waals surface area contributed by atoms with E-state index in [-0.39, 0.29) is 12.3 Å². The number of carbonyl (C=O) groups is 2. The average molecular weight is 289 g/mol. The summed E-state index contributed by atoms with van der Waals surface area (Å²) in [5.74, 6) is -1.02. The lowest BCUT2D eigenvalue weighted by Crippen LogP contribution is -2.27. The number of hydrogen-bond donors (Lipinski definition) is 2. The number of furan rings is 1. The second-order valence-electron chi connectivity index (χ2n) is 4.32. The Hall–Kier alpha value is -2.60. The quantitative estimate of drug-likeness (QED) is 0.790. The van der Waals surface area contributed by atoms with Gasteiger partial charge in [0.05, 0.1) is 13.7 Å². The van der Waals surface area contributed by atoms with Crippen molar-refractivity contribution in [3.05, 3.63) is 59.5 Å². The van der Waals surface area contributed by atoms with E-state index < -0.39 is 18.0 Å². The Morgan fingerprint density at radius 3 is 2.57 bits per heavy atom. The first-order chi connectivity index (χ1) is 10.1. The van der Waals surface area contributed by atoms with Crippen LogP contribution in [0, 0.1) is 0 Å². The van der Waals surface area contributed by atoms with Crippen molar-refractivity contribution >= 4 is 11.9 Å². The van der Waals surface area contributed by atoms with Crippen LogP contribution in [0.15, 0.2) is 46.9 Å². The zero-order valence-electron chi connectivity index (χ0n) is 11.4. The largest absolute Gasteiger partial charge is 0.480 e. The zero-order valence-corrected chi connectivity index (χ0v) is 11.4. The van der Waals surface area contributed by atoms with Crippen LogP contribution in [0.3, 0.4) is 0 Å². The Balaban J connectivity index is 2.04. The predicted octanol–water partition coefficient (Wildman–Crippen LogP) is 1.98. The van der Waals surface area contributed by atoms with Gasteiger partial charge in [-0.2, -0.15) is 0 Å². The average Bonchev–Trinajstić information content (AvgIpc) is 2.96. The molecule has 110 valence electrons. The third-order valence-electron chi connectivity index (χ3n) is 2.91. The molecule has 0 bridgehead atoms. The van der Waals surface area contributed by atoms with Crippen LogP contribution in [0.25, 0.3) is 0 Å². The van der Waals surface area contributed by atoms with E-state index in [1.165, 1.54) is 13.2 Å². The summed E-state index contributed by atoms with van der Waals surface area (Å²) in [5.41, 5.74) is 0.643. The molecule has 0 amide bonds. The number of aliphatic carboxylic acids is 1. The molecule has 0 aliphatic heterocycles. The van der Waals surface area contributed by atoms with Gasteiger partial charge in [0, 0.05) is 0 Å². The van der Waals surface area contributed by atoms with Crippen molar-refractivity contribution in [2.24, 2.45) is 0 Å². The zero-order chi connectivity index (χ0) is 15.2. The van der Waals surface area contributed by atoms with E-state index in [1.807, 2.05) is 6.07 Å². The molecule has 2 aromatic rings. The molecule has 0 saturated heterocycles. The Bertz CT molecular complexity index is 620. The summed E-state index contributed by atoms with van der Waals surface area (Å²) in [5, 5.41) is 12.1. The van der Waals surface area contributed by atoms with Crippen molar-refractivity contribution in [3.63, 3.8) is 0 Å². The summed E-state index contributed by atoms with van der Waals surface area (Å²) in [7, 11) is 1.26. The predicted molar refractivity (Wildman–Crippen MR) is 73.7 cm³/mol. The number of nitrogens with one attached hydrogen (secondary N) is 1. The first-order valence-electron chi connectivity index (χ1n) is 6.30. The molecule has 21 heavy (non-hydrogen) atoms. The number of carboxylic acid groups (broad SMARTS) is 1. The number of rotatable bonds is 6. The van der Waals surface area contributed by atoms with Crippen molar-refractivity contribution in [1.29, 1.82) is 0 Å². The van der Waals surface area contributed by atoms with Gasteiger partial charge in [0.2, 0.25) is 5.76 Å². The monoisotopic (exact) mass is 289 g/mol. The van der Waals surface area contributed by atoms with Gasteiger partial charge in [0.25, 0.3) is 0 Å². The van der Waals surface area contributed by atoms with E-state index in [1.54, 1.807) is 30.3 Å². The SMILES string of the molecule is COC(=O)c1ccc(CNC(C(=O)O)c2ccccc2)o1. The minimum absolute atomic E-state index is 0.0842. The van der Waals surface area contributed by atoms with E-state index in [4.69, 9.17) is 4.42 Å². The minimum atomic E-state index is -0.985. The number of carbonyl (C=O) groups excluding carboxylic acids is 1. The smallest absolute Gasteiger partial charge is 0.373 e. The fourth-order valence-corrected chi connectivity index (χ4v) is 1.88. The molecule has 0 radical (unpaired) electrons. The van der Waals surface area contributed by atoms with Crippen LogP contribution in [0.1, 0.15) is 27.9 Å². The van der Waals surface area contributed by atoms with Crippen molar-refractivity contribution in [3.8, 4) is 0 Å². The molecule has 2 N–H and O–H groups in total. The van der Waals surface area contributed by atoms with Gasteiger partial charge in [-0.15, -0.1) is 0 Å². The topological polar surface area (TPSA) is 88.8 Å². The molecule has 1 atom stereocenters. The normalized spacial score (nSPS) is 11.9. The molecule has 1 heterocycles. The molecule has 0 aliphatic carbocycles. The Kier molecular flexibility index (Phi) is 4.73. The van der Waals surface area contributed by atoms with E-state index in [9.17, 15) is 14.7 Å². The Morgan fingerprint density at radius 1 is 1.24 bits per heavy atom. The number of methoxy groups -OCH3 is 1.